The van der Waals surface area contributed by atoms with Gasteiger partial charge in [0.05, 0.1) is 5.69 Å². The van der Waals surface area contributed by atoms with Crippen molar-refractivity contribution in [2.75, 3.05) is 5.73 Å². The smallest absolute Gasteiger partial charge is 0.296 e. The SMILES string of the molecule is CCCc1[nH]n(-c2ccc(Br)cn2)c(=O)c1N. The van der Waals surface area contributed by atoms with Gasteiger partial charge in [-0.05, 0) is 34.5 Å². The number of halogens is 1. The van der Waals surface area contributed by atoms with Crippen LogP contribution in [-0.2, 0) is 6.42 Å². The molecule has 2 aromatic heterocycles. The molecule has 5 nitrogen and oxygen atoms in total. The van der Waals surface area contributed by atoms with Crippen molar-refractivity contribution in [3.63, 3.8) is 0 Å². The lowest BCUT2D eigenvalue weighted by Crippen LogP contribution is -2.17. The Bertz CT molecular complexity index is 570. The van der Waals surface area contributed by atoms with Crippen LogP contribution in [0.3, 0.4) is 0 Å². The van der Waals surface area contributed by atoms with Crippen molar-refractivity contribution >= 4 is 21.6 Å². The summed E-state index contributed by atoms with van der Waals surface area (Å²) in [6.45, 7) is 2.03. The van der Waals surface area contributed by atoms with Crippen LogP contribution in [0.2, 0.25) is 0 Å². The molecule has 0 aromatic carbocycles. The molecule has 3 N–H and O–H groups in total. The lowest BCUT2D eigenvalue weighted by Gasteiger charge is -2.00. The van der Waals surface area contributed by atoms with E-state index in [9.17, 15) is 4.79 Å². The van der Waals surface area contributed by atoms with Crippen molar-refractivity contribution in [2.45, 2.75) is 19.8 Å². The van der Waals surface area contributed by atoms with E-state index >= 15 is 0 Å². The Morgan fingerprint density at radius 3 is 2.88 bits per heavy atom. The lowest BCUT2D eigenvalue weighted by atomic mass is 10.2. The maximum atomic E-state index is 11.9. The van der Waals surface area contributed by atoms with Crippen LogP contribution >= 0.6 is 15.9 Å². The van der Waals surface area contributed by atoms with Crippen molar-refractivity contribution < 1.29 is 0 Å². The molecule has 0 amide bonds. The quantitative estimate of drug-likeness (QED) is 0.907. The summed E-state index contributed by atoms with van der Waals surface area (Å²) in [7, 11) is 0. The molecule has 0 radical (unpaired) electrons. The zero-order chi connectivity index (χ0) is 12.4. The third-order valence-corrected chi connectivity index (χ3v) is 2.92. The van der Waals surface area contributed by atoms with Crippen LogP contribution < -0.4 is 11.3 Å². The molecule has 2 rings (SSSR count). The molecule has 2 aromatic rings. The summed E-state index contributed by atoms with van der Waals surface area (Å²) in [6.07, 6.45) is 3.32. The van der Waals surface area contributed by atoms with Gasteiger partial charge in [-0.3, -0.25) is 9.89 Å². The van der Waals surface area contributed by atoms with Crippen molar-refractivity contribution in [2.24, 2.45) is 0 Å². The highest BCUT2D eigenvalue weighted by Crippen LogP contribution is 2.12. The van der Waals surface area contributed by atoms with Crippen molar-refractivity contribution in [1.29, 1.82) is 0 Å². The third-order valence-electron chi connectivity index (χ3n) is 2.45. The van der Waals surface area contributed by atoms with Crippen LogP contribution in [0, 0.1) is 0 Å². The highest BCUT2D eigenvalue weighted by atomic mass is 79.9. The Kier molecular flexibility index (Phi) is 3.33. The third kappa shape index (κ3) is 2.26. The number of rotatable bonds is 3. The molecule has 90 valence electrons. The van der Waals surface area contributed by atoms with Gasteiger partial charge in [0.15, 0.2) is 5.82 Å². The van der Waals surface area contributed by atoms with Crippen molar-refractivity contribution in [3.05, 3.63) is 38.9 Å². The summed E-state index contributed by atoms with van der Waals surface area (Å²) in [6, 6.07) is 3.57. The Morgan fingerprint density at radius 2 is 2.29 bits per heavy atom. The maximum absolute atomic E-state index is 11.9. The Balaban J connectivity index is 2.49. The Labute approximate surface area is 107 Å². The number of pyridine rings is 1. The first-order valence-electron chi connectivity index (χ1n) is 5.34. The maximum Gasteiger partial charge on any atom is 0.296 e. The molecule has 0 fully saturated rings. The van der Waals surface area contributed by atoms with Crippen molar-refractivity contribution in [1.82, 2.24) is 14.8 Å². The summed E-state index contributed by atoms with van der Waals surface area (Å²) in [5, 5.41) is 2.99. The van der Waals surface area contributed by atoms with Gasteiger partial charge in [0.2, 0.25) is 0 Å². The number of hydrogen-bond acceptors (Lipinski definition) is 3. The number of aromatic amines is 1. The monoisotopic (exact) mass is 296 g/mol. The van der Waals surface area contributed by atoms with E-state index in [1.807, 2.05) is 13.0 Å². The van der Waals surface area contributed by atoms with E-state index in [2.05, 4.69) is 26.0 Å². The standard InChI is InChI=1S/C11H13BrN4O/c1-2-3-8-10(13)11(17)16(15-8)9-5-4-7(12)6-14-9/h4-6,15H,2-3,13H2,1H3. The van der Waals surface area contributed by atoms with Gasteiger partial charge in [0.25, 0.3) is 5.56 Å². The summed E-state index contributed by atoms with van der Waals surface area (Å²) >= 11 is 3.30. The van der Waals surface area contributed by atoms with Crippen LogP contribution in [0.25, 0.3) is 5.82 Å². The molecule has 6 heteroatoms. The fourth-order valence-corrected chi connectivity index (χ4v) is 1.83. The summed E-state index contributed by atoms with van der Waals surface area (Å²) in [5.41, 5.74) is 6.55. The average molecular weight is 297 g/mol. The topological polar surface area (TPSA) is 76.7 Å². The number of nitrogens with zero attached hydrogens (tertiary/aromatic N) is 2. The Hall–Kier alpha value is -1.56. The van der Waals surface area contributed by atoms with E-state index in [1.165, 1.54) is 4.68 Å². The minimum absolute atomic E-state index is 0.247. The van der Waals surface area contributed by atoms with E-state index in [0.717, 1.165) is 23.0 Å². The number of aromatic nitrogens is 3. The molecule has 0 spiro atoms. The second-order valence-electron chi connectivity index (χ2n) is 3.73. The fraction of sp³-hybridized carbons (Fsp3) is 0.273. The summed E-state index contributed by atoms with van der Waals surface area (Å²) in [5.74, 6) is 0.534. The van der Waals surface area contributed by atoms with E-state index in [4.69, 9.17) is 5.73 Å². The molecule has 2 heterocycles. The van der Waals surface area contributed by atoms with Gasteiger partial charge < -0.3 is 5.73 Å². The first-order chi connectivity index (χ1) is 8.13. The summed E-state index contributed by atoms with van der Waals surface area (Å²) in [4.78, 5) is 16.1. The molecular weight excluding hydrogens is 284 g/mol. The molecule has 0 aliphatic rings. The molecule has 0 aliphatic heterocycles. The van der Waals surface area contributed by atoms with Crippen LogP contribution in [0.5, 0.6) is 0 Å². The molecule has 17 heavy (non-hydrogen) atoms. The van der Waals surface area contributed by atoms with Crippen LogP contribution in [-0.4, -0.2) is 14.8 Å². The van der Waals surface area contributed by atoms with Crippen LogP contribution in [0.15, 0.2) is 27.6 Å². The van der Waals surface area contributed by atoms with Gasteiger partial charge in [0, 0.05) is 10.7 Å². The first-order valence-corrected chi connectivity index (χ1v) is 6.14. The van der Waals surface area contributed by atoms with Gasteiger partial charge in [-0.2, -0.15) is 4.68 Å². The average Bonchev–Trinajstić information content (AvgIpc) is 2.59. The first kappa shape index (κ1) is 11.9. The molecule has 0 saturated heterocycles. The number of aryl methyl sites for hydroxylation is 1. The number of H-pyrrole nitrogens is 1. The normalized spacial score (nSPS) is 10.7. The predicted molar refractivity (Wildman–Crippen MR) is 70.3 cm³/mol. The predicted octanol–water partition coefficient (Wildman–Crippen LogP) is 1.86. The molecule has 0 bridgehead atoms. The second-order valence-corrected chi connectivity index (χ2v) is 4.64. The number of hydrogen-bond donors (Lipinski definition) is 2. The number of anilines is 1. The molecule has 0 aliphatic carbocycles. The number of nitrogen functional groups attached to an aromatic ring is 1. The van der Waals surface area contributed by atoms with Crippen molar-refractivity contribution in [3.8, 4) is 5.82 Å². The fourth-order valence-electron chi connectivity index (χ4n) is 1.60. The van der Waals surface area contributed by atoms with E-state index in [0.29, 0.717) is 5.82 Å². The molecule has 0 atom stereocenters. The zero-order valence-electron chi connectivity index (χ0n) is 9.40. The van der Waals surface area contributed by atoms with Gasteiger partial charge in [-0.1, -0.05) is 13.3 Å². The minimum Gasteiger partial charge on any atom is -0.393 e. The largest absolute Gasteiger partial charge is 0.393 e. The zero-order valence-corrected chi connectivity index (χ0v) is 11.0. The van der Waals surface area contributed by atoms with Gasteiger partial charge in [0.1, 0.15) is 5.69 Å². The van der Waals surface area contributed by atoms with E-state index in [-0.39, 0.29) is 11.2 Å². The van der Waals surface area contributed by atoms with E-state index < -0.39 is 0 Å². The highest BCUT2D eigenvalue weighted by molar-refractivity contribution is 9.10. The number of nitrogens with one attached hydrogen (secondary N) is 1. The Morgan fingerprint density at radius 1 is 1.53 bits per heavy atom. The minimum atomic E-state index is -0.247. The van der Waals surface area contributed by atoms with E-state index in [1.54, 1.807) is 12.3 Å². The molecular formula is C11H13BrN4O. The van der Waals surface area contributed by atoms with Crippen LogP contribution in [0.1, 0.15) is 19.0 Å². The summed E-state index contributed by atoms with van der Waals surface area (Å²) < 4.78 is 2.23. The molecule has 0 saturated carbocycles. The number of nitrogens with two attached hydrogens (primary N) is 1. The molecule has 0 unspecified atom stereocenters. The highest BCUT2D eigenvalue weighted by Gasteiger charge is 2.11. The lowest BCUT2D eigenvalue weighted by molar-refractivity contribution is 0.775. The van der Waals surface area contributed by atoms with Crippen LogP contribution in [0.4, 0.5) is 5.69 Å². The van der Waals surface area contributed by atoms with Gasteiger partial charge in [-0.25, -0.2) is 4.98 Å². The van der Waals surface area contributed by atoms with Gasteiger partial charge >= 0.3 is 0 Å². The second kappa shape index (κ2) is 4.75. The van der Waals surface area contributed by atoms with Gasteiger partial charge in [-0.15, -0.1) is 0 Å².